The van der Waals surface area contributed by atoms with E-state index in [1.807, 2.05) is 24.3 Å². The lowest BCUT2D eigenvalue weighted by atomic mass is 9.90. The minimum Gasteiger partial charge on any atom is -0.507 e. The molecule has 0 bridgehead atoms. The van der Waals surface area contributed by atoms with Crippen molar-refractivity contribution < 1.29 is 24.5 Å². The Morgan fingerprint density at radius 3 is 1.56 bits per heavy atom. The molecule has 0 spiro atoms. The monoisotopic (exact) mass is 730 g/mol. The van der Waals surface area contributed by atoms with Gasteiger partial charge < -0.3 is 29.5 Å². The molecule has 0 amide bonds. The lowest BCUT2D eigenvalue weighted by Crippen LogP contribution is -2.35. The van der Waals surface area contributed by atoms with Crippen LogP contribution in [0, 0.1) is 11.8 Å². The first kappa shape index (κ1) is 39.1. The molecule has 2 saturated heterocycles. The summed E-state index contributed by atoms with van der Waals surface area (Å²) in [6, 6.07) is 32.0. The molecule has 2 heterocycles. The van der Waals surface area contributed by atoms with Gasteiger partial charge in [-0.25, -0.2) is 0 Å². The van der Waals surface area contributed by atoms with Crippen molar-refractivity contribution in [2.45, 2.75) is 64.2 Å². The highest BCUT2D eigenvalue weighted by Gasteiger charge is 2.21. The van der Waals surface area contributed by atoms with Crippen molar-refractivity contribution in [2.24, 2.45) is 11.8 Å². The van der Waals surface area contributed by atoms with Gasteiger partial charge in [0.25, 0.3) is 0 Å². The molecule has 4 aromatic carbocycles. The molecule has 54 heavy (non-hydrogen) atoms. The van der Waals surface area contributed by atoms with Crippen LogP contribution in [0.25, 0.3) is 6.08 Å². The lowest BCUT2D eigenvalue weighted by Gasteiger charge is -2.32. The van der Waals surface area contributed by atoms with E-state index in [-0.39, 0.29) is 17.1 Å². The Hall–Kier alpha value is -4.59. The quantitative estimate of drug-likeness (QED) is 0.0566. The van der Waals surface area contributed by atoms with Gasteiger partial charge >= 0.3 is 0 Å². The average molecular weight is 731 g/mol. The number of carbonyl (C=O) groups excluding carboxylic acids is 1. The average Bonchev–Trinajstić information content (AvgIpc) is 3.19. The summed E-state index contributed by atoms with van der Waals surface area (Å²) >= 11 is 0. The highest BCUT2D eigenvalue weighted by molar-refractivity contribution is 6.10. The Balaban J connectivity index is 0.832. The normalized spacial score (nSPS) is 16.1. The minimum absolute atomic E-state index is 0.134. The molecule has 0 atom stereocenters. The lowest BCUT2D eigenvalue weighted by molar-refractivity contribution is 0.104. The zero-order valence-corrected chi connectivity index (χ0v) is 31.8. The number of hydrogen-bond acceptors (Lipinski definition) is 7. The number of phenols is 2. The second-order valence-electron chi connectivity index (χ2n) is 15.2. The summed E-state index contributed by atoms with van der Waals surface area (Å²) in [5.74, 6) is 1.63. The third-order valence-electron chi connectivity index (χ3n) is 11.0. The number of nitrogens with zero attached hydrogens (tertiary/aromatic N) is 2. The van der Waals surface area contributed by atoms with Crippen molar-refractivity contribution >= 4 is 11.9 Å². The maximum atomic E-state index is 12.9. The number of likely N-dealkylation sites (tertiary alicyclic amines) is 2. The number of benzene rings is 4. The first-order valence-corrected chi connectivity index (χ1v) is 20.1. The van der Waals surface area contributed by atoms with Crippen LogP contribution in [-0.2, 0) is 12.8 Å². The highest BCUT2D eigenvalue weighted by Crippen LogP contribution is 2.33. The van der Waals surface area contributed by atoms with E-state index in [0.29, 0.717) is 19.0 Å². The molecule has 7 heteroatoms. The molecule has 0 saturated carbocycles. The van der Waals surface area contributed by atoms with Gasteiger partial charge in [-0.3, -0.25) is 4.79 Å². The molecule has 2 N–H and O–H groups in total. The van der Waals surface area contributed by atoms with Crippen LogP contribution in [0.3, 0.4) is 0 Å². The van der Waals surface area contributed by atoms with E-state index >= 15 is 0 Å². The predicted octanol–water partition coefficient (Wildman–Crippen LogP) is 9.22. The Bertz CT molecular complexity index is 1700. The molecule has 2 fully saturated rings. The van der Waals surface area contributed by atoms with Gasteiger partial charge in [0, 0.05) is 12.1 Å². The fourth-order valence-corrected chi connectivity index (χ4v) is 7.83. The summed E-state index contributed by atoms with van der Waals surface area (Å²) < 4.78 is 11.8. The third kappa shape index (κ3) is 12.5. The van der Waals surface area contributed by atoms with Crippen molar-refractivity contribution in [3.63, 3.8) is 0 Å². The van der Waals surface area contributed by atoms with Gasteiger partial charge in [-0.15, -0.1) is 0 Å². The van der Waals surface area contributed by atoms with E-state index in [9.17, 15) is 15.0 Å². The number of rotatable bonds is 19. The molecule has 7 nitrogen and oxygen atoms in total. The molecule has 0 aliphatic carbocycles. The van der Waals surface area contributed by atoms with Crippen LogP contribution in [0.4, 0.5) is 0 Å². The van der Waals surface area contributed by atoms with E-state index in [0.717, 1.165) is 75.0 Å². The maximum Gasteiger partial charge on any atom is 0.193 e. The fraction of sp³-hybridized carbons (Fsp3) is 0.426. The van der Waals surface area contributed by atoms with Crippen LogP contribution in [-0.4, -0.2) is 78.3 Å². The second-order valence-corrected chi connectivity index (χ2v) is 15.2. The Kier molecular flexibility index (Phi) is 15.0. The van der Waals surface area contributed by atoms with Crippen LogP contribution >= 0.6 is 0 Å². The second kappa shape index (κ2) is 20.8. The zero-order valence-electron chi connectivity index (χ0n) is 31.8. The van der Waals surface area contributed by atoms with Gasteiger partial charge in [-0.05, 0) is 150 Å². The molecule has 6 rings (SSSR count). The van der Waals surface area contributed by atoms with Crippen LogP contribution in [0.15, 0.2) is 103 Å². The number of hydrogen-bond donors (Lipinski definition) is 2. The van der Waals surface area contributed by atoms with Crippen molar-refractivity contribution in [1.82, 2.24) is 9.80 Å². The Morgan fingerprint density at radius 2 is 1.07 bits per heavy atom. The Labute approximate surface area is 322 Å². The van der Waals surface area contributed by atoms with E-state index in [1.54, 1.807) is 6.08 Å². The van der Waals surface area contributed by atoms with Crippen LogP contribution in [0.5, 0.6) is 23.0 Å². The van der Waals surface area contributed by atoms with Crippen molar-refractivity contribution in [2.75, 3.05) is 52.5 Å². The van der Waals surface area contributed by atoms with Crippen molar-refractivity contribution in [3.8, 4) is 23.0 Å². The summed E-state index contributed by atoms with van der Waals surface area (Å²) in [5.41, 5.74) is 3.58. The minimum atomic E-state index is -0.482. The topological polar surface area (TPSA) is 82.5 Å². The van der Waals surface area contributed by atoms with Crippen LogP contribution in [0.2, 0.25) is 0 Å². The number of allylic oxidation sites excluding steroid dienone is 1. The molecule has 0 radical (unpaired) electrons. The molecule has 286 valence electrons. The molecule has 2 aliphatic rings. The molecule has 0 aromatic heterocycles. The SMILES string of the molecule is O=C(/C=C/c1ccc(OCCCCN2CCC(Cc3ccccc3)CC2)cc1)c1c(O)cc(OCCCCN2CCC(Cc3ccccc3)CC2)cc1O. The number of unbranched alkanes of at least 4 members (excludes halogenated alkanes) is 2. The third-order valence-corrected chi connectivity index (χ3v) is 11.0. The highest BCUT2D eigenvalue weighted by atomic mass is 16.5. The zero-order chi connectivity index (χ0) is 37.4. The van der Waals surface area contributed by atoms with E-state index in [2.05, 4.69) is 70.5 Å². The van der Waals surface area contributed by atoms with Gasteiger partial charge in [-0.2, -0.15) is 0 Å². The smallest absolute Gasteiger partial charge is 0.193 e. The Morgan fingerprint density at radius 1 is 0.611 bits per heavy atom. The summed E-state index contributed by atoms with van der Waals surface area (Å²) in [6.45, 7) is 7.97. The standard InChI is InChI=1S/C47H58N2O5/c50-44(20-17-37-15-18-42(19-16-37)53-31-9-7-25-48-27-21-40(22-28-48)33-38-11-3-1-4-12-38)47-45(51)35-43(36-46(47)52)54-32-10-8-26-49-29-23-41(24-30-49)34-39-13-5-2-6-14-39/h1-6,11-20,35-36,40-41,51-52H,7-10,21-34H2/b20-17+. The number of piperidine rings is 2. The summed E-state index contributed by atoms with van der Waals surface area (Å²) in [5, 5.41) is 21.2. The van der Waals surface area contributed by atoms with Gasteiger partial charge in [-0.1, -0.05) is 78.9 Å². The van der Waals surface area contributed by atoms with Crippen LogP contribution in [0.1, 0.15) is 78.4 Å². The fourth-order valence-electron chi connectivity index (χ4n) is 7.83. The van der Waals surface area contributed by atoms with Crippen LogP contribution < -0.4 is 9.47 Å². The number of phenolic OH excluding ortho intramolecular Hbond substituents is 2. The molecule has 4 aromatic rings. The first-order chi connectivity index (χ1) is 26.5. The molecule has 2 aliphatic heterocycles. The van der Waals surface area contributed by atoms with Gasteiger partial charge in [0.1, 0.15) is 28.6 Å². The predicted molar refractivity (Wildman–Crippen MR) is 218 cm³/mol. The van der Waals surface area contributed by atoms with Crippen molar-refractivity contribution in [1.29, 1.82) is 0 Å². The number of carbonyl (C=O) groups is 1. The number of ether oxygens (including phenoxy) is 2. The summed E-state index contributed by atoms with van der Waals surface area (Å²) in [4.78, 5) is 18.1. The molecular weight excluding hydrogens is 673 g/mol. The molecule has 0 unspecified atom stereocenters. The number of aromatic hydroxyl groups is 2. The van der Waals surface area contributed by atoms with Crippen molar-refractivity contribution in [3.05, 3.63) is 125 Å². The molecular formula is C47H58N2O5. The number of ketones is 1. The van der Waals surface area contributed by atoms with E-state index < -0.39 is 5.78 Å². The largest absolute Gasteiger partial charge is 0.507 e. The van der Waals surface area contributed by atoms with Gasteiger partial charge in [0.15, 0.2) is 5.78 Å². The van der Waals surface area contributed by atoms with E-state index in [4.69, 9.17) is 9.47 Å². The van der Waals surface area contributed by atoms with Gasteiger partial charge in [0.2, 0.25) is 0 Å². The first-order valence-electron chi connectivity index (χ1n) is 20.1. The van der Waals surface area contributed by atoms with E-state index in [1.165, 1.54) is 81.0 Å². The summed E-state index contributed by atoms with van der Waals surface area (Å²) in [6.07, 6.45) is 14.4. The van der Waals surface area contributed by atoms with Gasteiger partial charge in [0.05, 0.1) is 13.2 Å². The maximum absolute atomic E-state index is 12.9. The summed E-state index contributed by atoms with van der Waals surface area (Å²) in [7, 11) is 0.